The van der Waals surface area contributed by atoms with E-state index in [1.807, 2.05) is 12.1 Å². The van der Waals surface area contributed by atoms with Gasteiger partial charge in [-0.3, -0.25) is 4.90 Å². The van der Waals surface area contributed by atoms with Gasteiger partial charge in [-0.2, -0.15) is 0 Å². The summed E-state index contributed by atoms with van der Waals surface area (Å²) in [5.41, 5.74) is 0. The lowest BCUT2D eigenvalue weighted by molar-refractivity contribution is 0.143. The maximum atomic E-state index is 12.5. The van der Waals surface area contributed by atoms with Gasteiger partial charge >= 0.3 is 6.03 Å². The SMILES string of the molecule is CCN(CC)C(CNC(=O)NC1C2CCC(C2)C1CO)c1ccco1. The minimum atomic E-state index is -0.139. The fraction of sp³-hybridized carbons (Fsp3) is 0.737. The highest BCUT2D eigenvalue weighted by Gasteiger charge is 2.47. The number of furan rings is 1. The molecule has 2 amide bonds. The van der Waals surface area contributed by atoms with Crippen LogP contribution in [0.5, 0.6) is 0 Å². The van der Waals surface area contributed by atoms with Crippen molar-refractivity contribution in [3.8, 4) is 0 Å². The molecule has 2 fully saturated rings. The fourth-order valence-corrected chi connectivity index (χ4v) is 4.84. The number of rotatable bonds is 8. The van der Waals surface area contributed by atoms with Crippen molar-refractivity contribution in [1.82, 2.24) is 15.5 Å². The van der Waals surface area contributed by atoms with Crippen molar-refractivity contribution >= 4 is 6.03 Å². The quantitative estimate of drug-likeness (QED) is 0.673. The zero-order chi connectivity index (χ0) is 17.8. The molecule has 6 nitrogen and oxygen atoms in total. The summed E-state index contributed by atoms with van der Waals surface area (Å²) in [6.45, 7) is 6.68. The number of nitrogens with one attached hydrogen (secondary N) is 2. The van der Waals surface area contributed by atoms with E-state index in [1.54, 1.807) is 6.26 Å². The molecule has 25 heavy (non-hydrogen) atoms. The van der Waals surface area contributed by atoms with Gasteiger partial charge in [-0.25, -0.2) is 4.79 Å². The number of carbonyl (C=O) groups excluding carboxylic acids is 1. The number of likely N-dealkylation sites (N-methyl/N-ethyl adjacent to an activating group) is 1. The van der Waals surface area contributed by atoms with E-state index in [4.69, 9.17) is 4.42 Å². The van der Waals surface area contributed by atoms with E-state index >= 15 is 0 Å². The zero-order valence-corrected chi connectivity index (χ0v) is 15.3. The van der Waals surface area contributed by atoms with Crippen molar-refractivity contribution in [3.05, 3.63) is 24.2 Å². The summed E-state index contributed by atoms with van der Waals surface area (Å²) in [5, 5.41) is 15.8. The molecule has 1 aromatic heterocycles. The van der Waals surface area contributed by atoms with E-state index in [-0.39, 0.29) is 30.6 Å². The molecule has 2 saturated carbocycles. The number of carbonyl (C=O) groups is 1. The van der Waals surface area contributed by atoms with Crippen molar-refractivity contribution < 1.29 is 14.3 Å². The lowest BCUT2D eigenvalue weighted by Gasteiger charge is -2.31. The van der Waals surface area contributed by atoms with Gasteiger partial charge in [0, 0.05) is 25.1 Å². The van der Waals surface area contributed by atoms with Gasteiger partial charge in [0.1, 0.15) is 5.76 Å². The summed E-state index contributed by atoms with van der Waals surface area (Å²) in [5.74, 6) is 2.19. The normalized spacial score (nSPS) is 29.1. The van der Waals surface area contributed by atoms with Gasteiger partial charge in [0.2, 0.25) is 0 Å². The summed E-state index contributed by atoms with van der Waals surface area (Å²) < 4.78 is 5.57. The molecule has 3 rings (SSSR count). The Morgan fingerprint density at radius 3 is 2.76 bits per heavy atom. The second-order valence-corrected chi connectivity index (χ2v) is 7.31. The third kappa shape index (κ3) is 3.85. The summed E-state index contributed by atoms with van der Waals surface area (Å²) in [7, 11) is 0. The molecule has 0 aliphatic heterocycles. The maximum Gasteiger partial charge on any atom is 0.315 e. The van der Waals surface area contributed by atoms with E-state index in [9.17, 15) is 9.90 Å². The van der Waals surface area contributed by atoms with Gasteiger partial charge < -0.3 is 20.2 Å². The molecule has 0 radical (unpaired) electrons. The fourth-order valence-electron chi connectivity index (χ4n) is 4.84. The Labute approximate surface area is 150 Å². The first-order chi connectivity index (χ1) is 12.2. The van der Waals surface area contributed by atoms with E-state index in [0.29, 0.717) is 18.4 Å². The minimum absolute atomic E-state index is 0.0319. The smallest absolute Gasteiger partial charge is 0.315 e. The van der Waals surface area contributed by atoms with Crippen LogP contribution >= 0.6 is 0 Å². The first kappa shape index (κ1) is 18.3. The molecule has 1 aromatic rings. The van der Waals surface area contributed by atoms with Crippen LogP contribution in [0.15, 0.2) is 22.8 Å². The van der Waals surface area contributed by atoms with Crippen molar-refractivity contribution in [2.45, 2.75) is 45.2 Å². The van der Waals surface area contributed by atoms with Crippen molar-refractivity contribution in [3.63, 3.8) is 0 Å². The number of fused-ring (bicyclic) bond motifs is 2. The summed E-state index contributed by atoms with van der Waals surface area (Å²) >= 11 is 0. The van der Waals surface area contributed by atoms with Gasteiger partial charge in [0.25, 0.3) is 0 Å². The van der Waals surface area contributed by atoms with Gasteiger partial charge in [-0.15, -0.1) is 0 Å². The highest BCUT2D eigenvalue weighted by Crippen LogP contribution is 2.48. The van der Waals surface area contributed by atoms with Crippen LogP contribution in [0.3, 0.4) is 0 Å². The monoisotopic (exact) mass is 349 g/mol. The van der Waals surface area contributed by atoms with Crippen LogP contribution in [0.2, 0.25) is 0 Å². The molecule has 3 N–H and O–H groups in total. The highest BCUT2D eigenvalue weighted by atomic mass is 16.3. The molecule has 0 spiro atoms. The van der Waals surface area contributed by atoms with Gasteiger partial charge in [-0.1, -0.05) is 13.8 Å². The Bertz CT molecular complexity index is 544. The van der Waals surface area contributed by atoms with Crippen LogP contribution in [0.25, 0.3) is 0 Å². The van der Waals surface area contributed by atoms with E-state index in [2.05, 4.69) is 29.4 Å². The second kappa shape index (κ2) is 8.23. The molecule has 2 bridgehead atoms. The van der Waals surface area contributed by atoms with Crippen LogP contribution in [0, 0.1) is 17.8 Å². The average Bonchev–Trinajstić information content (AvgIpc) is 3.35. The molecule has 6 heteroatoms. The van der Waals surface area contributed by atoms with Gasteiger partial charge in [0.05, 0.1) is 12.3 Å². The Hall–Kier alpha value is -1.53. The molecular weight excluding hydrogens is 318 g/mol. The molecule has 140 valence electrons. The third-order valence-electron chi connectivity index (χ3n) is 6.18. The predicted molar refractivity (Wildman–Crippen MR) is 96.1 cm³/mol. The number of hydrogen-bond acceptors (Lipinski definition) is 4. The first-order valence-corrected chi connectivity index (χ1v) is 9.60. The summed E-state index contributed by atoms with van der Waals surface area (Å²) in [6, 6.07) is 3.84. The van der Waals surface area contributed by atoms with E-state index in [0.717, 1.165) is 25.3 Å². The van der Waals surface area contributed by atoms with Crippen LogP contribution in [-0.4, -0.2) is 48.3 Å². The molecule has 5 unspecified atom stereocenters. The molecule has 5 atom stereocenters. The summed E-state index contributed by atoms with van der Waals surface area (Å²) in [6.07, 6.45) is 5.18. The number of amides is 2. The Kier molecular flexibility index (Phi) is 6.02. The van der Waals surface area contributed by atoms with Crippen LogP contribution in [0.1, 0.15) is 44.9 Å². The van der Waals surface area contributed by atoms with Crippen LogP contribution < -0.4 is 10.6 Å². The number of urea groups is 1. The molecular formula is C19H31N3O3. The standard InChI is InChI=1S/C19H31N3O3/c1-3-22(4-2)16(17-6-5-9-25-17)11-20-19(24)21-18-14-8-7-13(10-14)15(18)12-23/h5-6,9,13-16,18,23H,3-4,7-8,10-12H2,1-2H3,(H2,20,21,24). The lowest BCUT2D eigenvalue weighted by atomic mass is 9.85. The summed E-state index contributed by atoms with van der Waals surface area (Å²) in [4.78, 5) is 14.7. The van der Waals surface area contributed by atoms with Gasteiger partial charge in [0.15, 0.2) is 0 Å². The molecule has 2 aliphatic rings. The predicted octanol–water partition coefficient (Wildman–Crippen LogP) is 2.37. The first-order valence-electron chi connectivity index (χ1n) is 9.60. The number of hydrogen-bond donors (Lipinski definition) is 3. The van der Waals surface area contributed by atoms with Crippen molar-refractivity contribution in [1.29, 1.82) is 0 Å². The molecule has 2 aliphatic carbocycles. The van der Waals surface area contributed by atoms with Crippen molar-refractivity contribution in [2.24, 2.45) is 17.8 Å². The highest BCUT2D eigenvalue weighted by molar-refractivity contribution is 5.74. The Morgan fingerprint density at radius 1 is 1.36 bits per heavy atom. The lowest BCUT2D eigenvalue weighted by Crippen LogP contribution is -2.50. The van der Waals surface area contributed by atoms with E-state index < -0.39 is 0 Å². The number of aliphatic hydroxyl groups is 1. The average molecular weight is 349 g/mol. The van der Waals surface area contributed by atoms with Gasteiger partial charge in [-0.05, 0) is 56.3 Å². The topological polar surface area (TPSA) is 77.7 Å². The molecule has 1 heterocycles. The Morgan fingerprint density at radius 2 is 2.12 bits per heavy atom. The van der Waals surface area contributed by atoms with Crippen LogP contribution in [0.4, 0.5) is 4.79 Å². The van der Waals surface area contributed by atoms with Crippen molar-refractivity contribution in [2.75, 3.05) is 26.2 Å². The largest absolute Gasteiger partial charge is 0.468 e. The van der Waals surface area contributed by atoms with Crippen LogP contribution in [-0.2, 0) is 0 Å². The van der Waals surface area contributed by atoms with E-state index in [1.165, 1.54) is 12.8 Å². The Balaban J connectivity index is 1.56. The molecule has 0 aromatic carbocycles. The number of nitrogens with zero attached hydrogens (tertiary/aromatic N) is 1. The molecule has 0 saturated heterocycles. The second-order valence-electron chi connectivity index (χ2n) is 7.31. The third-order valence-corrected chi connectivity index (χ3v) is 6.18. The number of aliphatic hydroxyl groups excluding tert-OH is 1. The maximum absolute atomic E-state index is 12.5. The zero-order valence-electron chi connectivity index (χ0n) is 15.3. The minimum Gasteiger partial charge on any atom is -0.468 e.